The summed E-state index contributed by atoms with van der Waals surface area (Å²) in [6, 6.07) is 15.6. The number of aromatic nitrogens is 5. The van der Waals surface area contributed by atoms with Crippen LogP contribution in [0.3, 0.4) is 0 Å². The van der Waals surface area contributed by atoms with E-state index in [-0.39, 0.29) is 17.4 Å². The third kappa shape index (κ3) is 3.21. The molecule has 0 unspecified atom stereocenters. The third-order valence-corrected chi connectivity index (χ3v) is 6.30. The van der Waals surface area contributed by atoms with Crippen molar-refractivity contribution in [2.24, 2.45) is 0 Å². The molecule has 2 bridgehead atoms. The molecular weight excluding hydrogens is 435 g/mol. The SMILES string of the molecule is O=C([O-])C(F)(F)F.c1ccc2c(c1)[C@H]1c3cccc[n+]3[C@@H]2CC1(c1ncc[nH]1)c1ncc[nH]1. The quantitative estimate of drug-likeness (QED) is 0.454. The lowest BCUT2D eigenvalue weighted by atomic mass is 9.57. The summed E-state index contributed by atoms with van der Waals surface area (Å²) in [4.78, 5) is 25.0. The summed E-state index contributed by atoms with van der Waals surface area (Å²) in [5.41, 5.74) is 3.78. The number of carboxylic acid groups (broad SMARTS) is 1. The fraction of sp³-hybridized carbons (Fsp3) is 0.217. The molecule has 168 valence electrons. The topological polar surface area (TPSA) is 101 Å². The second-order valence-electron chi connectivity index (χ2n) is 7.95. The maximum Gasteiger partial charge on any atom is 0.430 e. The van der Waals surface area contributed by atoms with Gasteiger partial charge in [0.25, 0.3) is 0 Å². The summed E-state index contributed by atoms with van der Waals surface area (Å²) < 4.78 is 34.0. The van der Waals surface area contributed by atoms with E-state index >= 15 is 0 Å². The fourth-order valence-corrected chi connectivity index (χ4v) is 5.13. The summed E-state index contributed by atoms with van der Waals surface area (Å²) >= 11 is 0. The number of imidazole rings is 2. The summed E-state index contributed by atoms with van der Waals surface area (Å²) in [5, 5.41) is 8.78. The predicted molar refractivity (Wildman–Crippen MR) is 107 cm³/mol. The van der Waals surface area contributed by atoms with Crippen LogP contribution in [0.5, 0.6) is 0 Å². The highest BCUT2D eigenvalue weighted by Gasteiger charge is 2.61. The molecule has 3 aliphatic rings. The van der Waals surface area contributed by atoms with E-state index in [0.717, 1.165) is 18.1 Å². The molecule has 2 atom stereocenters. The Morgan fingerprint density at radius 3 is 2.12 bits per heavy atom. The van der Waals surface area contributed by atoms with Crippen molar-refractivity contribution in [2.45, 2.75) is 30.0 Å². The van der Waals surface area contributed by atoms with Gasteiger partial charge >= 0.3 is 6.18 Å². The molecule has 0 saturated heterocycles. The van der Waals surface area contributed by atoms with E-state index in [1.165, 1.54) is 16.8 Å². The molecule has 0 saturated carbocycles. The van der Waals surface area contributed by atoms with Crippen molar-refractivity contribution < 1.29 is 27.6 Å². The number of carbonyl (C=O) groups excluding carboxylic acids is 1. The minimum Gasteiger partial charge on any atom is -0.542 e. The normalized spacial score (nSPS) is 19.7. The van der Waals surface area contributed by atoms with Crippen LogP contribution in [-0.2, 0) is 10.2 Å². The van der Waals surface area contributed by atoms with Crippen LogP contribution in [0.25, 0.3) is 0 Å². The molecule has 4 aromatic rings. The number of fused-ring (bicyclic) bond motifs is 1. The molecule has 33 heavy (non-hydrogen) atoms. The van der Waals surface area contributed by atoms with Gasteiger partial charge in [-0.15, -0.1) is 0 Å². The van der Waals surface area contributed by atoms with Gasteiger partial charge in [-0.05, 0) is 5.56 Å². The number of aromatic amines is 2. The Morgan fingerprint density at radius 1 is 1.00 bits per heavy atom. The van der Waals surface area contributed by atoms with Gasteiger partial charge in [-0.2, -0.15) is 17.7 Å². The minimum atomic E-state index is -5.19. The highest BCUT2D eigenvalue weighted by Crippen LogP contribution is 2.57. The van der Waals surface area contributed by atoms with Crippen LogP contribution in [0, 0.1) is 0 Å². The van der Waals surface area contributed by atoms with Crippen LogP contribution < -0.4 is 9.67 Å². The van der Waals surface area contributed by atoms with Gasteiger partial charge in [-0.1, -0.05) is 30.3 Å². The van der Waals surface area contributed by atoms with Crippen molar-refractivity contribution in [2.75, 3.05) is 0 Å². The lowest BCUT2D eigenvalue weighted by Gasteiger charge is -2.46. The van der Waals surface area contributed by atoms with E-state index in [9.17, 15) is 13.2 Å². The number of nitrogens with zero attached hydrogens (tertiary/aromatic N) is 3. The first kappa shape index (κ1) is 20.9. The minimum absolute atomic E-state index is 0.155. The van der Waals surface area contributed by atoms with E-state index < -0.39 is 12.1 Å². The number of carboxylic acids is 1. The highest BCUT2D eigenvalue weighted by molar-refractivity contribution is 5.70. The Bertz CT molecular complexity index is 1200. The van der Waals surface area contributed by atoms with Crippen LogP contribution in [0.2, 0.25) is 0 Å². The lowest BCUT2D eigenvalue weighted by Crippen LogP contribution is -2.60. The number of H-pyrrole nitrogens is 2. The van der Waals surface area contributed by atoms with E-state index in [0.29, 0.717) is 0 Å². The molecule has 1 aromatic carbocycles. The Hall–Kier alpha value is -3.95. The zero-order valence-electron chi connectivity index (χ0n) is 17.1. The first-order valence-electron chi connectivity index (χ1n) is 10.2. The number of alkyl halides is 3. The molecule has 2 aliphatic heterocycles. The third-order valence-electron chi connectivity index (χ3n) is 6.30. The maximum atomic E-state index is 10.5. The molecule has 1 aliphatic carbocycles. The second kappa shape index (κ2) is 7.58. The summed E-state index contributed by atoms with van der Waals surface area (Å²) in [5.74, 6) is -0.895. The van der Waals surface area contributed by atoms with Gasteiger partial charge in [0.15, 0.2) is 17.9 Å². The predicted octanol–water partition coefficient (Wildman–Crippen LogP) is 2.14. The van der Waals surface area contributed by atoms with E-state index in [4.69, 9.17) is 19.9 Å². The van der Waals surface area contributed by atoms with Crippen molar-refractivity contribution >= 4 is 5.97 Å². The maximum absolute atomic E-state index is 10.5. The van der Waals surface area contributed by atoms with Crippen molar-refractivity contribution in [3.63, 3.8) is 0 Å². The average molecular weight is 453 g/mol. The van der Waals surface area contributed by atoms with Gasteiger partial charge < -0.3 is 19.9 Å². The summed E-state index contributed by atoms with van der Waals surface area (Å²) in [6.07, 6.45) is 5.44. The van der Waals surface area contributed by atoms with E-state index in [1.54, 1.807) is 0 Å². The first-order chi connectivity index (χ1) is 15.8. The van der Waals surface area contributed by atoms with Crippen LogP contribution >= 0.6 is 0 Å². The van der Waals surface area contributed by atoms with E-state index in [2.05, 4.69) is 63.2 Å². The molecule has 0 spiro atoms. The largest absolute Gasteiger partial charge is 0.542 e. The smallest absolute Gasteiger partial charge is 0.430 e. The number of pyridine rings is 1. The Balaban J connectivity index is 0.000000287. The molecule has 0 fully saturated rings. The molecule has 0 radical (unpaired) electrons. The molecule has 5 heterocycles. The van der Waals surface area contributed by atoms with Gasteiger partial charge in [-0.25, -0.2) is 9.97 Å². The van der Waals surface area contributed by atoms with Gasteiger partial charge in [0.1, 0.15) is 23.0 Å². The zero-order chi connectivity index (χ0) is 23.2. The molecule has 3 aromatic heterocycles. The van der Waals surface area contributed by atoms with Crippen molar-refractivity contribution in [3.8, 4) is 0 Å². The summed E-state index contributed by atoms with van der Waals surface area (Å²) in [6.45, 7) is 0. The van der Waals surface area contributed by atoms with Crippen LogP contribution in [0.1, 0.15) is 46.9 Å². The van der Waals surface area contributed by atoms with Gasteiger partial charge in [-0.3, -0.25) is 0 Å². The van der Waals surface area contributed by atoms with Crippen molar-refractivity contribution in [3.05, 3.63) is 102 Å². The van der Waals surface area contributed by atoms with Crippen LogP contribution in [0.4, 0.5) is 13.2 Å². The number of hydrogen-bond donors (Lipinski definition) is 2. The Morgan fingerprint density at radius 2 is 1.58 bits per heavy atom. The van der Waals surface area contributed by atoms with Gasteiger partial charge in [0, 0.05) is 48.9 Å². The molecule has 0 amide bonds. The standard InChI is InChI=1S/C21H18N5.C2HF3O2/c1-2-6-15-14(5-1)17-13-21(19-22-8-9-23-19,20-24-10-11-25-20)18(15)16-7-3-4-12-26(16)17;3-2(4,5)1(6)7/h1-12,17-18H,13H2,(H,22,23)(H,24,25);(H,6,7)/q+1;/p-1/t17-,18+;/m1./s1. The van der Waals surface area contributed by atoms with E-state index in [1.807, 2.05) is 24.8 Å². The first-order valence-corrected chi connectivity index (χ1v) is 10.2. The highest BCUT2D eigenvalue weighted by atomic mass is 19.4. The number of hydrogen-bond acceptors (Lipinski definition) is 4. The number of benzene rings is 1. The average Bonchev–Trinajstić information content (AvgIpc) is 3.54. The molecule has 7 nitrogen and oxygen atoms in total. The Kier molecular flexibility index (Phi) is 4.80. The van der Waals surface area contributed by atoms with Crippen LogP contribution in [0.15, 0.2) is 73.4 Å². The number of rotatable bonds is 2. The Labute approximate surface area is 186 Å². The monoisotopic (exact) mass is 453 g/mol. The van der Waals surface area contributed by atoms with Crippen molar-refractivity contribution in [1.29, 1.82) is 0 Å². The zero-order valence-corrected chi connectivity index (χ0v) is 17.1. The molecule has 2 N–H and O–H groups in total. The van der Waals surface area contributed by atoms with Gasteiger partial charge in [0.2, 0.25) is 0 Å². The molecular formula is C23H18F3N5O2. The van der Waals surface area contributed by atoms with Crippen molar-refractivity contribution in [1.82, 2.24) is 19.9 Å². The number of aliphatic carboxylic acids is 1. The number of nitrogens with one attached hydrogen (secondary N) is 2. The summed E-state index contributed by atoms with van der Waals surface area (Å²) in [7, 11) is 0. The van der Waals surface area contributed by atoms with Crippen LogP contribution in [-0.4, -0.2) is 32.1 Å². The molecule has 10 heteroatoms. The lowest BCUT2D eigenvalue weighted by molar-refractivity contribution is -0.732. The number of carbonyl (C=O) groups is 1. The number of halogens is 3. The second-order valence-corrected chi connectivity index (χ2v) is 7.95. The van der Waals surface area contributed by atoms with Gasteiger partial charge in [0.05, 0.1) is 5.92 Å². The fourth-order valence-electron chi connectivity index (χ4n) is 5.13. The molecule has 7 rings (SSSR count).